The molecule has 0 fully saturated rings. The van der Waals surface area contributed by atoms with E-state index in [1.165, 1.54) is 6.20 Å². The summed E-state index contributed by atoms with van der Waals surface area (Å²) in [6.07, 6.45) is 6.54. The van der Waals surface area contributed by atoms with Gasteiger partial charge in [-0.25, -0.2) is 4.98 Å². The average molecular weight is 382 g/mol. The number of nitrogens with zero attached hydrogens (tertiary/aromatic N) is 2. The zero-order chi connectivity index (χ0) is 20.5. The van der Waals surface area contributed by atoms with Gasteiger partial charge < -0.3 is 20.7 Å². The van der Waals surface area contributed by atoms with E-state index in [1.807, 2.05) is 44.2 Å². The summed E-state index contributed by atoms with van der Waals surface area (Å²) in [6, 6.07) is 8.25. The lowest BCUT2D eigenvalue weighted by atomic mass is 9.75. The Morgan fingerprint density at radius 3 is 2.43 bits per heavy atom. The molecule has 0 bridgehead atoms. The third-order valence-corrected chi connectivity index (χ3v) is 4.03. The quantitative estimate of drug-likeness (QED) is 0.451. The molecule has 0 spiro atoms. The molecule has 2 amide bonds. The van der Waals surface area contributed by atoms with Crippen LogP contribution < -0.4 is 10.6 Å². The molecular weight excluding hydrogens is 359 g/mol. The molecule has 2 rings (SSSR count). The van der Waals surface area contributed by atoms with E-state index in [2.05, 4.69) is 33.0 Å². The molecule has 2 aromatic rings. The molecule has 0 aliphatic heterocycles. The normalized spacial score (nSPS) is 12.6. The van der Waals surface area contributed by atoms with Gasteiger partial charge in [0.05, 0.1) is 24.5 Å². The molecule has 0 saturated carbocycles. The van der Waals surface area contributed by atoms with Gasteiger partial charge in [-0.2, -0.15) is 4.98 Å². The van der Waals surface area contributed by atoms with E-state index >= 15 is 0 Å². The van der Waals surface area contributed by atoms with Gasteiger partial charge in [0.25, 0.3) is 5.91 Å². The van der Waals surface area contributed by atoms with Crippen molar-refractivity contribution in [1.29, 1.82) is 0 Å². The van der Waals surface area contributed by atoms with Gasteiger partial charge in [0.15, 0.2) is 5.69 Å². The summed E-state index contributed by atoms with van der Waals surface area (Å²) < 4.78 is 0. The Kier molecular flexibility index (Phi) is 7.93. The third kappa shape index (κ3) is 6.65. The minimum absolute atomic E-state index is 0.00513. The first-order chi connectivity index (χ1) is 13.4. The van der Waals surface area contributed by atoms with Crippen molar-refractivity contribution in [2.75, 3.05) is 0 Å². The summed E-state index contributed by atoms with van der Waals surface area (Å²) in [5, 5.41) is 24.4. The second kappa shape index (κ2) is 10.4. The number of hydrogen-bond acceptors (Lipinski definition) is 6. The van der Waals surface area contributed by atoms with Crippen LogP contribution in [0.4, 0.5) is 0 Å². The Morgan fingerprint density at radius 2 is 1.86 bits per heavy atom. The van der Waals surface area contributed by atoms with E-state index in [-0.39, 0.29) is 18.0 Å². The number of nitrogens with one attached hydrogen (secondary N) is 2. The first-order valence-electron chi connectivity index (χ1n) is 8.99. The lowest BCUT2D eigenvalue weighted by Crippen LogP contribution is -2.55. The van der Waals surface area contributed by atoms with E-state index in [9.17, 15) is 19.6 Å². The molecule has 0 aliphatic carbocycles. The highest BCUT2D eigenvalue weighted by molar-refractivity contribution is 6.43. The molecule has 1 heterocycles. The van der Waals surface area contributed by atoms with Crippen LogP contribution in [0.5, 0.6) is 0 Å². The standard InChI is InChI=1S/C19H23BN4O4/c1-13(2)10-17(20(27)28)24-18(25)15(11-14-6-4-3-5-7-14)23-19(26)16-12-21-8-9-22-16/h3-7,12-13,15,17,27-28H,10-11H2,1-2H3,(H,23,26)(H,24,25)/t15-,17-/m0/s1. The van der Waals surface area contributed by atoms with Gasteiger partial charge >= 0.3 is 7.12 Å². The highest BCUT2D eigenvalue weighted by Gasteiger charge is 2.30. The number of carbonyl (C=O) groups excluding carboxylic acids is 2. The predicted molar refractivity (Wildman–Crippen MR) is 103 cm³/mol. The largest absolute Gasteiger partial charge is 0.475 e. The van der Waals surface area contributed by atoms with Gasteiger partial charge in [0.1, 0.15) is 6.04 Å². The molecule has 9 heteroatoms. The van der Waals surface area contributed by atoms with Crippen molar-refractivity contribution in [2.24, 2.45) is 5.92 Å². The molecule has 1 aromatic heterocycles. The van der Waals surface area contributed by atoms with Gasteiger partial charge in [-0.15, -0.1) is 0 Å². The van der Waals surface area contributed by atoms with Crippen LogP contribution in [0.2, 0.25) is 0 Å². The second-order valence-corrected chi connectivity index (χ2v) is 6.85. The Bertz CT molecular complexity index is 759. The van der Waals surface area contributed by atoms with Gasteiger partial charge in [-0.3, -0.25) is 9.59 Å². The monoisotopic (exact) mass is 382 g/mol. The zero-order valence-corrected chi connectivity index (χ0v) is 15.8. The fourth-order valence-electron chi connectivity index (χ4n) is 2.68. The fourth-order valence-corrected chi connectivity index (χ4v) is 2.68. The summed E-state index contributed by atoms with van der Waals surface area (Å²) in [6.45, 7) is 3.82. The maximum Gasteiger partial charge on any atom is 0.475 e. The Balaban J connectivity index is 2.16. The highest BCUT2D eigenvalue weighted by atomic mass is 16.4. The van der Waals surface area contributed by atoms with Gasteiger partial charge in [0, 0.05) is 6.42 Å². The molecule has 4 N–H and O–H groups in total. The Hall–Kier alpha value is -2.96. The van der Waals surface area contributed by atoms with Crippen LogP contribution in [-0.4, -0.2) is 50.9 Å². The number of rotatable bonds is 9. The van der Waals surface area contributed by atoms with Crippen molar-refractivity contribution < 1.29 is 19.6 Å². The van der Waals surface area contributed by atoms with Crippen molar-refractivity contribution in [2.45, 2.75) is 38.7 Å². The van der Waals surface area contributed by atoms with Crippen LogP contribution >= 0.6 is 0 Å². The van der Waals surface area contributed by atoms with Crippen LogP contribution in [-0.2, 0) is 11.2 Å². The molecule has 0 unspecified atom stereocenters. The Labute approximate surface area is 164 Å². The average Bonchev–Trinajstić information content (AvgIpc) is 2.68. The molecule has 0 aliphatic rings. The smallest absolute Gasteiger partial charge is 0.426 e. The zero-order valence-electron chi connectivity index (χ0n) is 15.8. The fraction of sp³-hybridized carbons (Fsp3) is 0.368. The Morgan fingerprint density at radius 1 is 1.14 bits per heavy atom. The number of amides is 2. The van der Waals surface area contributed by atoms with Crippen LogP contribution in [0, 0.1) is 18.3 Å². The van der Waals surface area contributed by atoms with E-state index in [0.717, 1.165) is 5.56 Å². The number of hydrogen-bond donors (Lipinski definition) is 4. The molecular formula is C19H23BN4O4. The predicted octanol–water partition coefficient (Wildman–Crippen LogP) is -0.0390. The SMILES string of the molecule is CC(C)C[C@H](NC(=O)[C@H](Cc1ccccc1)NC(=O)c1cnc#cn1)B(O)O. The van der Waals surface area contributed by atoms with Crippen molar-refractivity contribution in [1.82, 2.24) is 20.6 Å². The molecule has 28 heavy (non-hydrogen) atoms. The van der Waals surface area contributed by atoms with E-state index < -0.39 is 30.9 Å². The summed E-state index contributed by atoms with van der Waals surface area (Å²) in [5.41, 5.74) is 0.845. The molecule has 1 aromatic carbocycles. The van der Waals surface area contributed by atoms with Gasteiger partial charge in [0.2, 0.25) is 5.91 Å². The maximum absolute atomic E-state index is 12.8. The third-order valence-electron chi connectivity index (χ3n) is 4.03. The van der Waals surface area contributed by atoms with Crippen LogP contribution in [0.25, 0.3) is 0 Å². The van der Waals surface area contributed by atoms with Gasteiger partial charge in [-0.05, 0) is 17.9 Å². The van der Waals surface area contributed by atoms with Crippen molar-refractivity contribution >= 4 is 18.9 Å². The number of aromatic nitrogens is 2. The number of benzene rings is 1. The molecule has 2 atom stereocenters. The van der Waals surface area contributed by atoms with Crippen molar-refractivity contribution in [3.05, 3.63) is 60.2 Å². The molecule has 8 nitrogen and oxygen atoms in total. The molecule has 146 valence electrons. The van der Waals surface area contributed by atoms with Crippen LogP contribution in [0.1, 0.15) is 36.3 Å². The van der Waals surface area contributed by atoms with Crippen molar-refractivity contribution in [3.8, 4) is 0 Å². The molecule has 0 saturated heterocycles. The lowest BCUT2D eigenvalue weighted by Gasteiger charge is -2.24. The minimum Gasteiger partial charge on any atom is -0.426 e. The first-order valence-corrected chi connectivity index (χ1v) is 8.99. The summed E-state index contributed by atoms with van der Waals surface area (Å²) >= 11 is 0. The van der Waals surface area contributed by atoms with E-state index in [1.54, 1.807) is 0 Å². The summed E-state index contributed by atoms with van der Waals surface area (Å²) in [4.78, 5) is 32.7. The summed E-state index contributed by atoms with van der Waals surface area (Å²) in [5.74, 6) is -1.81. The topological polar surface area (TPSA) is 124 Å². The van der Waals surface area contributed by atoms with Crippen LogP contribution in [0.3, 0.4) is 0 Å². The second-order valence-electron chi connectivity index (χ2n) is 6.85. The highest BCUT2D eigenvalue weighted by Crippen LogP contribution is 2.08. The number of carbonyl (C=O) groups is 2. The molecule has 0 radical (unpaired) electrons. The van der Waals surface area contributed by atoms with Crippen LogP contribution in [0.15, 0.2) is 36.5 Å². The van der Waals surface area contributed by atoms with E-state index in [4.69, 9.17) is 0 Å². The minimum atomic E-state index is -1.70. The van der Waals surface area contributed by atoms with Gasteiger partial charge in [-0.1, -0.05) is 44.2 Å². The first kappa shape index (κ1) is 21.3. The van der Waals surface area contributed by atoms with E-state index in [0.29, 0.717) is 6.42 Å². The summed E-state index contributed by atoms with van der Waals surface area (Å²) in [7, 11) is -1.70. The van der Waals surface area contributed by atoms with Crippen molar-refractivity contribution in [3.63, 3.8) is 0 Å². The maximum atomic E-state index is 12.8. The lowest BCUT2D eigenvalue weighted by molar-refractivity contribution is -0.123.